The van der Waals surface area contributed by atoms with Gasteiger partial charge in [-0.3, -0.25) is 4.79 Å². The van der Waals surface area contributed by atoms with Crippen LogP contribution in [0.4, 0.5) is 0 Å². The minimum atomic E-state index is -0.144. The molecule has 3 aromatic rings. The highest BCUT2D eigenvalue weighted by molar-refractivity contribution is 5.94. The van der Waals surface area contributed by atoms with Gasteiger partial charge in [0.05, 0.1) is 31.4 Å². The molecule has 0 radical (unpaired) electrons. The second-order valence-electron chi connectivity index (χ2n) is 7.81. The van der Waals surface area contributed by atoms with Crippen LogP contribution in [0.15, 0.2) is 48.8 Å². The first-order valence-corrected chi connectivity index (χ1v) is 9.06. The molecule has 1 aliphatic rings. The Hall–Kier alpha value is -3.02. The Kier molecular flexibility index (Phi) is 4.06. The second kappa shape index (κ2) is 6.30. The molecule has 0 aliphatic carbocycles. The molecule has 1 aliphatic heterocycles. The Bertz CT molecular complexity index is 963. The predicted molar refractivity (Wildman–Crippen MR) is 103 cm³/mol. The largest absolute Gasteiger partial charge is 0.497 e. The molecule has 2 aromatic heterocycles. The topological polar surface area (TPSA) is 52.3 Å². The third-order valence-electron chi connectivity index (χ3n) is 4.84. The van der Waals surface area contributed by atoms with Crippen molar-refractivity contribution in [2.45, 2.75) is 39.4 Å². The van der Waals surface area contributed by atoms with Crippen LogP contribution in [0.25, 0.3) is 5.82 Å². The van der Waals surface area contributed by atoms with Crippen LogP contribution >= 0.6 is 0 Å². The lowest BCUT2D eigenvalue weighted by molar-refractivity contribution is 0.0748. The minimum Gasteiger partial charge on any atom is -0.497 e. The smallest absolute Gasteiger partial charge is 0.254 e. The summed E-state index contributed by atoms with van der Waals surface area (Å²) in [5, 5.41) is 4.85. The van der Waals surface area contributed by atoms with Gasteiger partial charge >= 0.3 is 0 Å². The molecule has 1 aromatic carbocycles. The molecule has 4 rings (SSSR count). The zero-order valence-electron chi connectivity index (χ0n) is 16.1. The maximum Gasteiger partial charge on any atom is 0.254 e. The number of hydrogen-bond donors (Lipinski definition) is 0. The van der Waals surface area contributed by atoms with Crippen LogP contribution in [0, 0.1) is 0 Å². The number of aromatic nitrogens is 3. The van der Waals surface area contributed by atoms with Crippen LogP contribution in [0.3, 0.4) is 0 Å². The van der Waals surface area contributed by atoms with Crippen molar-refractivity contribution in [1.29, 1.82) is 0 Å². The van der Waals surface area contributed by atoms with E-state index in [1.807, 2.05) is 41.6 Å². The van der Waals surface area contributed by atoms with E-state index in [9.17, 15) is 4.79 Å². The van der Waals surface area contributed by atoms with Gasteiger partial charge in [0.1, 0.15) is 11.6 Å². The maximum absolute atomic E-state index is 12.9. The number of carbonyl (C=O) groups excluding carboxylic acids is 1. The lowest BCUT2D eigenvalue weighted by Crippen LogP contribution is -2.29. The third-order valence-corrected chi connectivity index (χ3v) is 4.84. The lowest BCUT2D eigenvalue weighted by atomic mass is 10.1. The summed E-state index contributed by atoms with van der Waals surface area (Å²) >= 11 is 0. The summed E-state index contributed by atoms with van der Waals surface area (Å²) in [6, 6.07) is 11.2. The molecule has 0 N–H and O–H groups in total. The highest BCUT2D eigenvalue weighted by atomic mass is 16.5. The van der Waals surface area contributed by atoms with Crippen LogP contribution < -0.4 is 4.74 Å². The lowest BCUT2D eigenvalue weighted by Gasteiger charge is -2.24. The summed E-state index contributed by atoms with van der Waals surface area (Å²) < 4.78 is 9.32. The van der Waals surface area contributed by atoms with Gasteiger partial charge in [-0.05, 0) is 57.2 Å². The molecule has 0 saturated heterocycles. The number of hydrogen-bond acceptors (Lipinski definition) is 3. The Balaban J connectivity index is 1.66. The van der Waals surface area contributed by atoms with Crippen LogP contribution in [0.5, 0.6) is 5.75 Å². The van der Waals surface area contributed by atoms with Gasteiger partial charge in [-0.15, -0.1) is 0 Å². The summed E-state index contributed by atoms with van der Waals surface area (Å²) in [4.78, 5) is 14.8. The molecule has 0 atom stereocenters. The number of methoxy groups -OCH3 is 1. The summed E-state index contributed by atoms with van der Waals surface area (Å²) in [7, 11) is 1.62. The molecular formula is C21H24N4O2. The average molecular weight is 364 g/mol. The van der Waals surface area contributed by atoms with Crippen molar-refractivity contribution in [3.8, 4) is 11.6 Å². The van der Waals surface area contributed by atoms with Gasteiger partial charge in [0.2, 0.25) is 0 Å². The molecule has 0 saturated carbocycles. The molecule has 0 unspecified atom stereocenters. The van der Waals surface area contributed by atoms with Gasteiger partial charge in [0, 0.05) is 23.5 Å². The van der Waals surface area contributed by atoms with E-state index in [1.54, 1.807) is 19.2 Å². The van der Waals surface area contributed by atoms with E-state index in [4.69, 9.17) is 9.84 Å². The van der Waals surface area contributed by atoms with Crippen molar-refractivity contribution in [2.75, 3.05) is 7.11 Å². The molecule has 6 nitrogen and oxygen atoms in total. The first kappa shape index (κ1) is 17.4. The SMILES string of the molecule is COc1ccc(C(=O)N2Cc3nn(C(C)(C)C)c(-n4cccc4)c3C2)cc1. The molecule has 27 heavy (non-hydrogen) atoms. The normalized spacial score (nSPS) is 13.7. The fourth-order valence-electron chi connectivity index (χ4n) is 3.47. The van der Waals surface area contributed by atoms with Gasteiger partial charge in [-0.25, -0.2) is 4.68 Å². The third kappa shape index (κ3) is 3.01. The number of fused-ring (bicyclic) bond motifs is 1. The van der Waals surface area contributed by atoms with Crippen molar-refractivity contribution >= 4 is 5.91 Å². The summed E-state index contributed by atoms with van der Waals surface area (Å²) in [5.74, 6) is 1.79. The number of amides is 1. The molecule has 140 valence electrons. The monoisotopic (exact) mass is 364 g/mol. The second-order valence-corrected chi connectivity index (χ2v) is 7.81. The number of nitrogens with zero attached hydrogens (tertiary/aromatic N) is 4. The van der Waals surface area contributed by atoms with E-state index in [1.165, 1.54) is 0 Å². The Labute approximate surface area is 159 Å². The summed E-state index contributed by atoms with van der Waals surface area (Å²) in [6.07, 6.45) is 4.04. The number of ether oxygens (including phenoxy) is 1. The molecule has 1 amide bonds. The van der Waals surface area contributed by atoms with E-state index >= 15 is 0 Å². The first-order chi connectivity index (χ1) is 12.9. The van der Waals surface area contributed by atoms with Crippen LogP contribution in [-0.2, 0) is 18.6 Å². The quantitative estimate of drug-likeness (QED) is 0.714. The predicted octanol–water partition coefficient (Wildman–Crippen LogP) is 3.59. The number of carbonyl (C=O) groups is 1. The molecule has 6 heteroatoms. The van der Waals surface area contributed by atoms with E-state index in [2.05, 4.69) is 30.0 Å². The molecule has 3 heterocycles. The minimum absolute atomic E-state index is 0.0106. The fourth-order valence-corrected chi connectivity index (χ4v) is 3.47. The van der Waals surface area contributed by atoms with E-state index < -0.39 is 0 Å². The van der Waals surface area contributed by atoms with Crippen molar-refractivity contribution < 1.29 is 9.53 Å². The maximum atomic E-state index is 12.9. The van der Waals surface area contributed by atoms with Gasteiger partial charge in [-0.1, -0.05) is 0 Å². The highest BCUT2D eigenvalue weighted by Gasteiger charge is 2.33. The Morgan fingerprint density at radius 3 is 2.33 bits per heavy atom. The zero-order valence-corrected chi connectivity index (χ0v) is 16.1. The van der Waals surface area contributed by atoms with Gasteiger partial charge in [0.25, 0.3) is 5.91 Å². The van der Waals surface area contributed by atoms with Gasteiger partial charge < -0.3 is 14.2 Å². The van der Waals surface area contributed by atoms with Crippen LogP contribution in [-0.4, -0.2) is 32.3 Å². The van der Waals surface area contributed by atoms with Crippen LogP contribution in [0.2, 0.25) is 0 Å². The summed E-state index contributed by atoms with van der Waals surface area (Å²) in [5.41, 5.74) is 2.60. The fraction of sp³-hybridized carbons (Fsp3) is 0.333. The molecule has 0 bridgehead atoms. The standard InChI is InChI=1S/C21H24N4O2/c1-21(2,3)25-19(23-11-5-6-12-23)17-13-24(14-18(17)22-25)20(26)15-7-9-16(27-4)10-8-15/h5-12H,13-14H2,1-4H3. The van der Waals surface area contributed by atoms with Crippen molar-refractivity contribution in [1.82, 2.24) is 19.2 Å². The Morgan fingerprint density at radius 1 is 1.07 bits per heavy atom. The average Bonchev–Trinajstić information content (AvgIpc) is 3.35. The van der Waals surface area contributed by atoms with E-state index in [-0.39, 0.29) is 11.4 Å². The van der Waals surface area contributed by atoms with E-state index in [0.29, 0.717) is 18.7 Å². The van der Waals surface area contributed by atoms with E-state index in [0.717, 1.165) is 22.8 Å². The van der Waals surface area contributed by atoms with Crippen molar-refractivity contribution in [3.05, 3.63) is 65.6 Å². The molecule has 0 spiro atoms. The Morgan fingerprint density at radius 2 is 1.74 bits per heavy atom. The van der Waals surface area contributed by atoms with Crippen molar-refractivity contribution in [3.63, 3.8) is 0 Å². The van der Waals surface area contributed by atoms with Crippen molar-refractivity contribution in [2.24, 2.45) is 0 Å². The summed E-state index contributed by atoms with van der Waals surface area (Å²) in [6.45, 7) is 7.51. The van der Waals surface area contributed by atoms with Gasteiger partial charge in [0.15, 0.2) is 0 Å². The van der Waals surface area contributed by atoms with Crippen LogP contribution in [0.1, 0.15) is 42.4 Å². The number of rotatable bonds is 3. The number of benzene rings is 1. The zero-order chi connectivity index (χ0) is 19.2. The molecule has 0 fully saturated rings. The van der Waals surface area contributed by atoms with Gasteiger partial charge in [-0.2, -0.15) is 5.10 Å². The molecular weight excluding hydrogens is 340 g/mol. The first-order valence-electron chi connectivity index (χ1n) is 9.06. The highest BCUT2D eigenvalue weighted by Crippen LogP contribution is 2.32.